The van der Waals surface area contributed by atoms with Crippen molar-refractivity contribution >= 4 is 32.6 Å². The second kappa shape index (κ2) is 7.72. The SMILES string of the molecule is CCC1CC2(Cc3ccc(Br)cc3C2=NS(=O)C(C)(C)C)CC(C)C1OC. The van der Waals surface area contributed by atoms with E-state index in [1.54, 1.807) is 0 Å². The fraction of sp³-hybridized carbons (Fsp3) is 0.682. The smallest absolute Gasteiger partial charge is 0.145 e. The third kappa shape index (κ3) is 3.97. The molecular formula is C22H32BrNO2S. The van der Waals surface area contributed by atoms with Crippen molar-refractivity contribution in [3.8, 4) is 0 Å². The Hall–Kier alpha value is -0.520. The molecule has 0 radical (unpaired) electrons. The first-order valence-corrected chi connectivity index (χ1v) is 11.8. The first-order valence-electron chi connectivity index (χ1n) is 9.94. The molecule has 27 heavy (non-hydrogen) atoms. The predicted octanol–water partition coefficient (Wildman–Crippen LogP) is 5.71. The van der Waals surface area contributed by atoms with Gasteiger partial charge in [-0.1, -0.05) is 42.3 Å². The van der Waals surface area contributed by atoms with E-state index in [1.165, 1.54) is 11.1 Å². The largest absolute Gasteiger partial charge is 0.381 e. The summed E-state index contributed by atoms with van der Waals surface area (Å²) < 4.78 is 24.4. The monoisotopic (exact) mass is 453 g/mol. The number of halogens is 1. The number of rotatable bonds is 3. The fourth-order valence-electron chi connectivity index (χ4n) is 5.06. The van der Waals surface area contributed by atoms with Crippen molar-refractivity contribution < 1.29 is 8.95 Å². The lowest BCUT2D eigenvalue weighted by molar-refractivity contribution is -0.0419. The Labute approximate surface area is 175 Å². The Kier molecular flexibility index (Phi) is 6.06. The Balaban J connectivity index is 2.11. The van der Waals surface area contributed by atoms with Crippen LogP contribution in [0.2, 0.25) is 0 Å². The van der Waals surface area contributed by atoms with Gasteiger partial charge in [-0.3, -0.25) is 0 Å². The molecule has 3 rings (SSSR count). The molecule has 1 fully saturated rings. The van der Waals surface area contributed by atoms with Gasteiger partial charge < -0.3 is 4.74 Å². The summed E-state index contributed by atoms with van der Waals surface area (Å²) >= 11 is 3.62. The molecule has 2 aliphatic rings. The van der Waals surface area contributed by atoms with E-state index in [1.807, 2.05) is 27.9 Å². The van der Waals surface area contributed by atoms with Gasteiger partial charge in [-0.25, -0.2) is 4.21 Å². The number of fused-ring (bicyclic) bond motifs is 1. The van der Waals surface area contributed by atoms with Gasteiger partial charge in [0.2, 0.25) is 0 Å². The quantitative estimate of drug-likeness (QED) is 0.587. The van der Waals surface area contributed by atoms with Gasteiger partial charge in [0.25, 0.3) is 0 Å². The number of methoxy groups -OCH3 is 1. The molecule has 3 nitrogen and oxygen atoms in total. The van der Waals surface area contributed by atoms with Crippen molar-refractivity contribution in [1.29, 1.82) is 0 Å². The van der Waals surface area contributed by atoms with E-state index in [9.17, 15) is 4.21 Å². The zero-order valence-electron chi connectivity index (χ0n) is 17.3. The number of hydrogen-bond donors (Lipinski definition) is 0. The van der Waals surface area contributed by atoms with Gasteiger partial charge in [0.1, 0.15) is 11.0 Å². The van der Waals surface area contributed by atoms with Crippen LogP contribution in [0.25, 0.3) is 0 Å². The number of benzene rings is 1. The van der Waals surface area contributed by atoms with E-state index in [0.29, 0.717) is 17.9 Å². The van der Waals surface area contributed by atoms with Gasteiger partial charge in [0, 0.05) is 22.6 Å². The molecule has 5 atom stereocenters. The molecule has 1 saturated carbocycles. The van der Waals surface area contributed by atoms with Crippen LogP contribution >= 0.6 is 15.9 Å². The number of nitrogens with zero attached hydrogens (tertiary/aromatic N) is 1. The Morgan fingerprint density at radius 2 is 2.04 bits per heavy atom. The highest BCUT2D eigenvalue weighted by Gasteiger charge is 2.51. The maximum absolute atomic E-state index is 13.0. The molecule has 2 aliphatic carbocycles. The number of hydrogen-bond acceptors (Lipinski definition) is 2. The Morgan fingerprint density at radius 1 is 1.33 bits per heavy atom. The Morgan fingerprint density at radius 3 is 2.63 bits per heavy atom. The zero-order chi connectivity index (χ0) is 20.0. The van der Waals surface area contributed by atoms with E-state index >= 15 is 0 Å². The molecule has 0 saturated heterocycles. The fourth-order valence-corrected chi connectivity index (χ4v) is 6.15. The van der Waals surface area contributed by atoms with Crippen molar-refractivity contribution in [3.05, 3.63) is 33.8 Å². The highest BCUT2D eigenvalue weighted by atomic mass is 79.9. The second-order valence-electron chi connectivity index (χ2n) is 9.31. The molecule has 0 heterocycles. The van der Waals surface area contributed by atoms with Crippen molar-refractivity contribution in [2.45, 2.75) is 71.2 Å². The highest BCUT2D eigenvalue weighted by Crippen LogP contribution is 2.53. The lowest BCUT2D eigenvalue weighted by atomic mass is 9.62. The molecular weight excluding hydrogens is 422 g/mol. The molecule has 1 aromatic carbocycles. The van der Waals surface area contributed by atoms with E-state index in [0.717, 1.165) is 35.9 Å². The van der Waals surface area contributed by atoms with Crippen LogP contribution in [0.1, 0.15) is 65.0 Å². The number of ether oxygens (including phenoxy) is 1. The lowest BCUT2D eigenvalue weighted by Gasteiger charge is -2.46. The summed E-state index contributed by atoms with van der Waals surface area (Å²) in [5.74, 6) is 0.963. The minimum absolute atomic E-state index is 0.0286. The average Bonchev–Trinajstić information content (AvgIpc) is 2.86. The molecule has 1 aromatic rings. The van der Waals surface area contributed by atoms with Gasteiger partial charge >= 0.3 is 0 Å². The summed E-state index contributed by atoms with van der Waals surface area (Å²) in [4.78, 5) is 0. The third-order valence-corrected chi connectivity index (χ3v) is 8.13. The van der Waals surface area contributed by atoms with Crippen LogP contribution in [0.4, 0.5) is 0 Å². The van der Waals surface area contributed by atoms with Crippen molar-refractivity contribution in [1.82, 2.24) is 0 Å². The summed E-state index contributed by atoms with van der Waals surface area (Å²) in [5.41, 5.74) is 3.55. The first kappa shape index (κ1) is 21.2. The predicted molar refractivity (Wildman–Crippen MR) is 118 cm³/mol. The molecule has 150 valence electrons. The van der Waals surface area contributed by atoms with Gasteiger partial charge in [0.15, 0.2) is 0 Å². The van der Waals surface area contributed by atoms with Crippen LogP contribution < -0.4 is 0 Å². The summed E-state index contributed by atoms with van der Waals surface area (Å²) in [5, 5.41) is 0. The van der Waals surface area contributed by atoms with Crippen molar-refractivity contribution in [2.75, 3.05) is 7.11 Å². The molecule has 0 bridgehead atoms. The van der Waals surface area contributed by atoms with Crippen molar-refractivity contribution in [2.24, 2.45) is 21.6 Å². The van der Waals surface area contributed by atoms with Crippen LogP contribution in [0.5, 0.6) is 0 Å². The van der Waals surface area contributed by atoms with E-state index in [-0.39, 0.29) is 10.2 Å². The second-order valence-corrected chi connectivity index (χ2v) is 12.1. The molecule has 0 amide bonds. The molecule has 1 spiro atoms. The summed E-state index contributed by atoms with van der Waals surface area (Å²) in [6, 6.07) is 6.48. The first-order chi connectivity index (χ1) is 12.6. The van der Waals surface area contributed by atoms with Crippen LogP contribution in [-0.4, -0.2) is 27.9 Å². The molecule has 0 N–H and O–H groups in total. The van der Waals surface area contributed by atoms with Crippen LogP contribution in [0.15, 0.2) is 27.1 Å². The molecule has 5 heteroatoms. The molecule has 0 aliphatic heterocycles. The van der Waals surface area contributed by atoms with E-state index in [2.05, 4.69) is 48.0 Å². The van der Waals surface area contributed by atoms with Crippen LogP contribution in [-0.2, 0) is 22.1 Å². The molecule has 0 aromatic heterocycles. The third-order valence-electron chi connectivity index (χ3n) is 6.24. The Bertz CT molecular complexity index is 770. The van der Waals surface area contributed by atoms with Crippen molar-refractivity contribution in [3.63, 3.8) is 0 Å². The standard InChI is InChI=1S/C22H32BrNO2S/c1-7-15-12-22(11-14(2)19(15)26-6)13-16-8-9-17(23)10-18(16)20(22)24-27(25)21(3,4)5/h8-10,14-15,19H,7,11-13H2,1-6H3. The van der Waals surface area contributed by atoms with E-state index < -0.39 is 11.0 Å². The maximum atomic E-state index is 13.0. The zero-order valence-corrected chi connectivity index (χ0v) is 19.7. The highest BCUT2D eigenvalue weighted by molar-refractivity contribution is 9.10. The van der Waals surface area contributed by atoms with Gasteiger partial charge in [-0.2, -0.15) is 4.40 Å². The maximum Gasteiger partial charge on any atom is 0.145 e. The van der Waals surface area contributed by atoms with Gasteiger partial charge in [0.05, 0.1) is 16.6 Å². The minimum atomic E-state index is -1.26. The normalized spacial score (nSPS) is 33.4. The van der Waals surface area contributed by atoms with Crippen LogP contribution in [0, 0.1) is 17.3 Å². The van der Waals surface area contributed by atoms with Gasteiger partial charge in [-0.15, -0.1) is 0 Å². The topological polar surface area (TPSA) is 38.7 Å². The van der Waals surface area contributed by atoms with Crippen LogP contribution in [0.3, 0.4) is 0 Å². The summed E-state index contributed by atoms with van der Waals surface area (Å²) in [6.07, 6.45) is 4.48. The average molecular weight is 454 g/mol. The van der Waals surface area contributed by atoms with E-state index in [4.69, 9.17) is 9.13 Å². The lowest BCUT2D eigenvalue weighted by Crippen LogP contribution is -2.46. The minimum Gasteiger partial charge on any atom is -0.381 e. The summed E-state index contributed by atoms with van der Waals surface area (Å²) in [7, 11) is 0.577. The summed E-state index contributed by atoms with van der Waals surface area (Å²) in [6.45, 7) is 10.5. The van der Waals surface area contributed by atoms with Gasteiger partial charge in [-0.05, 0) is 69.6 Å². The molecule has 5 unspecified atom stereocenters.